The van der Waals surface area contributed by atoms with Crippen molar-refractivity contribution in [2.75, 3.05) is 18.6 Å². The number of benzene rings is 3. The largest absolute Gasteiger partial charge is 0.465 e. The molecular formula is C20H18N6O8S2. The summed E-state index contributed by atoms with van der Waals surface area (Å²) in [6.07, 6.45) is 0. The number of azo groups is 2. The third kappa shape index (κ3) is 5.69. The molecule has 16 heteroatoms. The van der Waals surface area contributed by atoms with Gasteiger partial charge >= 0.3 is 5.97 Å². The predicted molar refractivity (Wildman–Crippen MR) is 127 cm³/mol. The first-order valence-electron chi connectivity index (χ1n) is 9.61. The van der Waals surface area contributed by atoms with E-state index in [0.29, 0.717) is 0 Å². The Morgan fingerprint density at radius 2 is 1.28 bits per heavy atom. The summed E-state index contributed by atoms with van der Waals surface area (Å²) in [5.74, 6) is -0.718. The summed E-state index contributed by atoms with van der Waals surface area (Å²) in [7, 11) is -8.41. The third-order valence-corrected chi connectivity index (χ3v) is 6.37. The van der Waals surface area contributed by atoms with Crippen LogP contribution >= 0.6 is 0 Å². The highest BCUT2D eigenvalue weighted by atomic mass is 32.2. The Kier molecular flexibility index (Phi) is 7.44. The van der Waals surface area contributed by atoms with Crippen LogP contribution in [0.2, 0.25) is 0 Å². The first-order chi connectivity index (χ1) is 16.8. The number of nitrogen functional groups attached to an aromatic ring is 2. The van der Waals surface area contributed by atoms with E-state index in [0.717, 1.165) is 12.1 Å². The van der Waals surface area contributed by atoms with E-state index in [1.54, 1.807) is 12.1 Å². The molecule has 3 rings (SSSR count). The minimum absolute atomic E-state index is 0.0330. The summed E-state index contributed by atoms with van der Waals surface area (Å²) in [4.78, 5) is 10.6. The molecule has 0 unspecified atom stereocenters. The fourth-order valence-corrected chi connectivity index (χ4v) is 4.14. The number of nitrogens with zero attached hydrogens (tertiary/aromatic N) is 4. The number of hydrogen-bond acceptors (Lipinski definition) is 12. The minimum Gasteiger partial charge on any atom is -0.465 e. The summed E-state index contributed by atoms with van der Waals surface area (Å²) < 4.78 is 70.6. The first kappa shape index (κ1) is 26.4. The lowest BCUT2D eigenvalue weighted by Crippen LogP contribution is -2.05. The van der Waals surface area contributed by atoms with E-state index in [1.165, 1.54) is 37.4 Å². The van der Waals surface area contributed by atoms with Crippen LogP contribution in [0.3, 0.4) is 0 Å². The molecule has 0 saturated carbocycles. The lowest BCUT2D eigenvalue weighted by atomic mass is 10.2. The predicted octanol–water partition coefficient (Wildman–Crippen LogP) is 3.96. The molecule has 0 atom stereocenters. The highest BCUT2D eigenvalue weighted by Crippen LogP contribution is 2.43. The maximum atomic E-state index is 12.0. The van der Waals surface area contributed by atoms with Crippen LogP contribution in [0.25, 0.3) is 0 Å². The number of nitrogens with two attached hydrogens (primary N) is 2. The van der Waals surface area contributed by atoms with Crippen LogP contribution < -0.4 is 11.5 Å². The molecule has 0 aliphatic carbocycles. The maximum Gasteiger partial charge on any atom is 0.340 e. The summed E-state index contributed by atoms with van der Waals surface area (Å²) in [5.41, 5.74) is 9.97. The number of ether oxygens (including phenoxy) is 1. The van der Waals surface area contributed by atoms with Gasteiger partial charge in [-0.15, -0.1) is 20.5 Å². The average Bonchev–Trinajstić information content (AvgIpc) is 2.82. The fraction of sp³-hybridized carbons (Fsp3) is 0.0500. The smallest absolute Gasteiger partial charge is 0.340 e. The molecule has 0 spiro atoms. The second kappa shape index (κ2) is 10.2. The molecule has 0 heterocycles. The van der Waals surface area contributed by atoms with Crippen molar-refractivity contribution in [1.29, 1.82) is 0 Å². The number of carbonyl (C=O) groups is 1. The van der Waals surface area contributed by atoms with Crippen molar-refractivity contribution in [3.63, 3.8) is 0 Å². The van der Waals surface area contributed by atoms with Crippen LogP contribution in [0.4, 0.5) is 34.1 Å². The Labute approximate surface area is 204 Å². The minimum atomic E-state index is -4.91. The molecule has 0 aromatic heterocycles. The summed E-state index contributed by atoms with van der Waals surface area (Å²) >= 11 is 0. The van der Waals surface area contributed by atoms with Crippen LogP contribution in [0.1, 0.15) is 10.4 Å². The quantitative estimate of drug-likeness (QED) is 0.147. The molecule has 3 aromatic rings. The topological polar surface area (TPSA) is 237 Å². The molecule has 3 aromatic carbocycles. The van der Waals surface area contributed by atoms with Crippen molar-refractivity contribution >= 4 is 60.3 Å². The van der Waals surface area contributed by atoms with Gasteiger partial charge in [-0.05, 0) is 30.3 Å². The van der Waals surface area contributed by atoms with Gasteiger partial charge < -0.3 is 16.2 Å². The van der Waals surface area contributed by atoms with Gasteiger partial charge in [0.05, 0.1) is 24.0 Å². The molecule has 0 amide bonds. The number of hydrogen-bond donors (Lipinski definition) is 4. The van der Waals surface area contributed by atoms with Crippen molar-refractivity contribution in [1.82, 2.24) is 0 Å². The molecule has 0 fully saturated rings. The lowest BCUT2D eigenvalue weighted by Gasteiger charge is -2.11. The normalized spacial score (nSPS) is 12.3. The number of esters is 1. The Bertz CT molecular complexity index is 1620. The van der Waals surface area contributed by atoms with Crippen molar-refractivity contribution < 1.29 is 35.5 Å². The van der Waals surface area contributed by atoms with Crippen LogP contribution in [0.15, 0.2) is 84.8 Å². The van der Waals surface area contributed by atoms with Crippen molar-refractivity contribution in [2.24, 2.45) is 20.5 Å². The van der Waals surface area contributed by atoms with Gasteiger partial charge in [-0.1, -0.05) is 24.3 Å². The van der Waals surface area contributed by atoms with Crippen molar-refractivity contribution in [3.05, 3.63) is 60.2 Å². The summed E-state index contributed by atoms with van der Waals surface area (Å²) in [5, 5.41) is 15.2. The van der Waals surface area contributed by atoms with Crippen LogP contribution in [-0.4, -0.2) is 39.0 Å². The van der Waals surface area contributed by atoms with Gasteiger partial charge in [0.25, 0.3) is 20.2 Å². The SMILES string of the molecule is COC(=O)c1ccccc1N=Nc1c(N)c(N=Nc2ccccc2S(=O)(=O)O)cc(S(=O)(=O)O)c1N. The molecule has 0 radical (unpaired) electrons. The summed E-state index contributed by atoms with van der Waals surface area (Å²) in [6, 6.07) is 11.8. The van der Waals surface area contributed by atoms with Crippen molar-refractivity contribution in [3.8, 4) is 0 Å². The second-order valence-electron chi connectivity index (χ2n) is 6.90. The molecule has 188 valence electrons. The molecule has 0 saturated heterocycles. The van der Waals surface area contributed by atoms with E-state index < -0.39 is 47.4 Å². The Morgan fingerprint density at radius 3 is 1.89 bits per heavy atom. The Morgan fingerprint density at radius 1 is 0.750 bits per heavy atom. The first-order valence-corrected chi connectivity index (χ1v) is 12.5. The van der Waals surface area contributed by atoms with E-state index in [-0.39, 0.29) is 28.3 Å². The van der Waals surface area contributed by atoms with Gasteiger partial charge in [-0.3, -0.25) is 9.11 Å². The maximum absolute atomic E-state index is 12.0. The zero-order chi connectivity index (χ0) is 26.7. The fourth-order valence-electron chi connectivity index (χ4n) is 2.88. The van der Waals surface area contributed by atoms with Crippen LogP contribution in [-0.2, 0) is 25.0 Å². The van der Waals surface area contributed by atoms with Gasteiger partial charge in [0, 0.05) is 0 Å². The molecule has 0 aliphatic heterocycles. The highest BCUT2D eigenvalue weighted by Gasteiger charge is 2.23. The third-order valence-electron chi connectivity index (χ3n) is 4.57. The van der Waals surface area contributed by atoms with Gasteiger partial charge in [0.15, 0.2) is 0 Å². The number of rotatable bonds is 7. The van der Waals surface area contributed by atoms with Gasteiger partial charge in [0.2, 0.25) is 0 Å². The zero-order valence-corrected chi connectivity index (χ0v) is 19.9. The highest BCUT2D eigenvalue weighted by molar-refractivity contribution is 7.86. The van der Waals surface area contributed by atoms with E-state index >= 15 is 0 Å². The second-order valence-corrected chi connectivity index (χ2v) is 9.68. The van der Waals surface area contributed by atoms with Gasteiger partial charge in [-0.25, -0.2) is 4.79 Å². The van der Waals surface area contributed by atoms with Crippen LogP contribution in [0, 0.1) is 0 Å². The van der Waals surface area contributed by atoms with Gasteiger partial charge in [0.1, 0.15) is 32.5 Å². The number of carbonyl (C=O) groups excluding carboxylic acids is 1. The van der Waals surface area contributed by atoms with Crippen molar-refractivity contribution in [2.45, 2.75) is 9.79 Å². The Balaban J connectivity index is 2.19. The Hall–Kier alpha value is -4.25. The summed E-state index contributed by atoms with van der Waals surface area (Å²) in [6.45, 7) is 0. The standard InChI is InChI=1S/C20H18N6O8S2/c1-34-20(27)11-6-2-3-7-12(11)23-26-19-17(21)14(10-16(18(19)22)36(31,32)33)25-24-13-8-4-5-9-15(13)35(28,29)30/h2-10H,21-22H2,1H3,(H,28,29,30)(H,31,32,33). The van der Waals surface area contributed by atoms with E-state index in [1.807, 2.05) is 0 Å². The average molecular weight is 535 g/mol. The molecule has 36 heavy (non-hydrogen) atoms. The number of methoxy groups -OCH3 is 1. The monoisotopic (exact) mass is 534 g/mol. The molecule has 0 aliphatic rings. The molecule has 14 nitrogen and oxygen atoms in total. The van der Waals surface area contributed by atoms with Crippen LogP contribution in [0.5, 0.6) is 0 Å². The number of anilines is 2. The molecular weight excluding hydrogens is 516 g/mol. The molecule has 0 bridgehead atoms. The zero-order valence-electron chi connectivity index (χ0n) is 18.3. The lowest BCUT2D eigenvalue weighted by molar-refractivity contribution is 0.0601. The van der Waals surface area contributed by atoms with E-state index in [9.17, 15) is 30.7 Å². The van der Waals surface area contributed by atoms with E-state index in [2.05, 4.69) is 25.2 Å². The van der Waals surface area contributed by atoms with Gasteiger partial charge in [-0.2, -0.15) is 16.8 Å². The van der Waals surface area contributed by atoms with E-state index in [4.69, 9.17) is 11.5 Å². The molecule has 6 N–H and O–H groups in total.